The van der Waals surface area contributed by atoms with Crippen LogP contribution in [0.2, 0.25) is 0 Å². The molecule has 1 N–H and O–H groups in total. The molecule has 0 aliphatic carbocycles. The van der Waals surface area contributed by atoms with Crippen molar-refractivity contribution in [2.75, 3.05) is 7.11 Å². The maximum atomic E-state index is 9.93. The van der Waals surface area contributed by atoms with E-state index in [4.69, 9.17) is 9.47 Å². The van der Waals surface area contributed by atoms with Crippen LogP contribution in [0.15, 0.2) is 42.9 Å². The molecular formula is C16H17N3O3. The van der Waals surface area contributed by atoms with E-state index in [-0.39, 0.29) is 0 Å². The molecule has 3 heterocycles. The molecule has 22 heavy (non-hydrogen) atoms. The second-order valence-electron chi connectivity index (χ2n) is 4.91. The molecule has 0 radical (unpaired) electrons. The molecule has 0 aliphatic heterocycles. The van der Waals surface area contributed by atoms with Crippen molar-refractivity contribution in [2.45, 2.75) is 19.8 Å². The highest BCUT2D eigenvalue weighted by atomic mass is 16.6. The van der Waals surface area contributed by atoms with Crippen LogP contribution in [0, 0.1) is 6.92 Å². The smallest absolute Gasteiger partial charge is 0.184 e. The van der Waals surface area contributed by atoms with Crippen molar-refractivity contribution < 1.29 is 14.6 Å². The largest absolute Gasteiger partial charge is 0.485 e. The molecule has 6 heteroatoms. The first kappa shape index (κ1) is 14.5. The van der Waals surface area contributed by atoms with Crippen molar-refractivity contribution in [3.05, 3.63) is 59.8 Å². The molecule has 0 aliphatic rings. The molecule has 0 spiro atoms. The van der Waals surface area contributed by atoms with Crippen LogP contribution >= 0.6 is 0 Å². The highest BCUT2D eigenvalue weighted by Crippen LogP contribution is 2.26. The second kappa shape index (κ2) is 6.13. The van der Waals surface area contributed by atoms with Crippen molar-refractivity contribution in [3.63, 3.8) is 0 Å². The van der Waals surface area contributed by atoms with Gasteiger partial charge in [-0.1, -0.05) is 6.07 Å². The SMILES string of the molecule is COC(O)c1cc(C)ncc1OCc1cccc2nccn12. The topological polar surface area (TPSA) is 68.9 Å². The van der Waals surface area contributed by atoms with E-state index in [1.54, 1.807) is 18.5 Å². The first-order chi connectivity index (χ1) is 10.7. The Hall–Kier alpha value is -2.44. The zero-order valence-corrected chi connectivity index (χ0v) is 12.4. The maximum Gasteiger partial charge on any atom is 0.184 e. The van der Waals surface area contributed by atoms with E-state index in [0.29, 0.717) is 17.9 Å². The fraction of sp³-hybridized carbons (Fsp3) is 0.250. The fourth-order valence-electron chi connectivity index (χ4n) is 2.29. The van der Waals surface area contributed by atoms with E-state index in [2.05, 4.69) is 9.97 Å². The average Bonchev–Trinajstić information content (AvgIpc) is 3.02. The number of nitrogens with zero attached hydrogens (tertiary/aromatic N) is 3. The summed E-state index contributed by atoms with van der Waals surface area (Å²) in [5.74, 6) is 0.497. The highest BCUT2D eigenvalue weighted by molar-refractivity contribution is 5.40. The van der Waals surface area contributed by atoms with Gasteiger partial charge in [-0.25, -0.2) is 4.98 Å². The summed E-state index contributed by atoms with van der Waals surface area (Å²) in [5, 5.41) is 9.93. The number of aliphatic hydroxyl groups excluding tert-OH is 1. The summed E-state index contributed by atoms with van der Waals surface area (Å²) in [6.07, 6.45) is 4.18. The van der Waals surface area contributed by atoms with E-state index in [1.807, 2.05) is 35.7 Å². The molecule has 6 nitrogen and oxygen atoms in total. The van der Waals surface area contributed by atoms with Gasteiger partial charge in [0.25, 0.3) is 0 Å². The zero-order valence-electron chi connectivity index (χ0n) is 12.4. The van der Waals surface area contributed by atoms with Gasteiger partial charge in [-0.05, 0) is 25.1 Å². The molecule has 1 atom stereocenters. The Balaban J connectivity index is 1.86. The van der Waals surface area contributed by atoms with Gasteiger partial charge in [0.05, 0.1) is 17.5 Å². The van der Waals surface area contributed by atoms with Gasteiger partial charge in [0, 0.05) is 25.2 Å². The first-order valence-corrected chi connectivity index (χ1v) is 6.90. The van der Waals surface area contributed by atoms with Gasteiger partial charge in [-0.15, -0.1) is 0 Å². The maximum absolute atomic E-state index is 9.93. The summed E-state index contributed by atoms with van der Waals surface area (Å²) in [6.45, 7) is 2.18. The first-order valence-electron chi connectivity index (χ1n) is 6.90. The highest BCUT2D eigenvalue weighted by Gasteiger charge is 2.14. The van der Waals surface area contributed by atoms with Crippen LogP contribution < -0.4 is 4.74 Å². The minimum atomic E-state index is -1.04. The molecule has 3 rings (SSSR count). The zero-order chi connectivity index (χ0) is 15.5. The van der Waals surface area contributed by atoms with Gasteiger partial charge < -0.3 is 19.0 Å². The van der Waals surface area contributed by atoms with Crippen molar-refractivity contribution in [1.82, 2.24) is 14.4 Å². The van der Waals surface area contributed by atoms with Gasteiger partial charge in [-0.2, -0.15) is 0 Å². The number of aromatic nitrogens is 3. The summed E-state index contributed by atoms with van der Waals surface area (Å²) in [7, 11) is 1.44. The Morgan fingerprint density at radius 3 is 3.00 bits per heavy atom. The van der Waals surface area contributed by atoms with Crippen LogP contribution in [0.25, 0.3) is 5.65 Å². The standard InChI is InChI=1S/C16H17N3O3/c1-11-8-13(16(20)21-2)14(9-18-11)22-10-12-4-3-5-15-17-6-7-19(12)15/h3-9,16,20H,10H2,1-2H3. The Bertz CT molecular complexity index is 785. The van der Waals surface area contributed by atoms with Gasteiger partial charge >= 0.3 is 0 Å². The minimum Gasteiger partial charge on any atom is -0.485 e. The molecule has 0 saturated heterocycles. The van der Waals surface area contributed by atoms with E-state index in [0.717, 1.165) is 17.0 Å². The third-order valence-corrected chi connectivity index (χ3v) is 3.41. The molecule has 0 fully saturated rings. The summed E-state index contributed by atoms with van der Waals surface area (Å²) >= 11 is 0. The number of pyridine rings is 2. The third kappa shape index (κ3) is 2.79. The number of hydrogen-bond donors (Lipinski definition) is 1. The van der Waals surface area contributed by atoms with Crippen LogP contribution in [0.1, 0.15) is 23.2 Å². The van der Waals surface area contributed by atoms with E-state index < -0.39 is 6.29 Å². The molecule has 114 valence electrons. The van der Waals surface area contributed by atoms with E-state index >= 15 is 0 Å². The second-order valence-corrected chi connectivity index (χ2v) is 4.91. The Kier molecular flexibility index (Phi) is 4.04. The number of rotatable bonds is 5. The van der Waals surface area contributed by atoms with Crippen LogP contribution in [0.3, 0.4) is 0 Å². The van der Waals surface area contributed by atoms with Crippen molar-refractivity contribution in [3.8, 4) is 5.75 Å². The van der Waals surface area contributed by atoms with Gasteiger partial charge in [0.15, 0.2) is 6.29 Å². The Morgan fingerprint density at radius 1 is 1.32 bits per heavy atom. The van der Waals surface area contributed by atoms with Gasteiger partial charge in [0.2, 0.25) is 0 Å². The molecule has 3 aromatic rings. The Labute approximate surface area is 128 Å². The van der Waals surface area contributed by atoms with Crippen molar-refractivity contribution in [1.29, 1.82) is 0 Å². The van der Waals surface area contributed by atoms with Crippen LogP contribution in [-0.4, -0.2) is 26.6 Å². The Morgan fingerprint density at radius 2 is 2.18 bits per heavy atom. The number of imidazole rings is 1. The van der Waals surface area contributed by atoms with Crippen LogP contribution in [0.4, 0.5) is 0 Å². The molecule has 0 amide bonds. The number of methoxy groups -OCH3 is 1. The lowest BCUT2D eigenvalue weighted by Gasteiger charge is -2.15. The predicted octanol–water partition coefficient (Wildman–Crippen LogP) is 2.25. The van der Waals surface area contributed by atoms with Crippen LogP contribution in [-0.2, 0) is 11.3 Å². The number of hydrogen-bond acceptors (Lipinski definition) is 5. The fourth-order valence-corrected chi connectivity index (χ4v) is 2.29. The number of aryl methyl sites for hydroxylation is 1. The number of ether oxygens (including phenoxy) is 2. The third-order valence-electron chi connectivity index (χ3n) is 3.41. The van der Waals surface area contributed by atoms with Gasteiger partial charge in [-0.3, -0.25) is 4.98 Å². The monoisotopic (exact) mass is 299 g/mol. The summed E-state index contributed by atoms with van der Waals surface area (Å²) in [6, 6.07) is 7.57. The molecule has 0 bridgehead atoms. The minimum absolute atomic E-state index is 0.335. The van der Waals surface area contributed by atoms with Crippen LogP contribution in [0.5, 0.6) is 5.75 Å². The average molecular weight is 299 g/mol. The van der Waals surface area contributed by atoms with E-state index in [9.17, 15) is 5.11 Å². The normalized spacial score (nSPS) is 12.5. The lowest BCUT2D eigenvalue weighted by Crippen LogP contribution is -2.07. The summed E-state index contributed by atoms with van der Waals surface area (Å²) in [4.78, 5) is 8.45. The van der Waals surface area contributed by atoms with E-state index in [1.165, 1.54) is 7.11 Å². The predicted molar refractivity (Wildman–Crippen MR) is 80.5 cm³/mol. The molecule has 0 aromatic carbocycles. The summed E-state index contributed by atoms with van der Waals surface area (Å²) in [5.41, 5.74) is 3.16. The van der Waals surface area contributed by atoms with Crippen molar-refractivity contribution >= 4 is 5.65 Å². The number of aliphatic hydroxyl groups is 1. The lowest BCUT2D eigenvalue weighted by molar-refractivity contribution is -0.0785. The molecule has 3 aromatic heterocycles. The lowest BCUT2D eigenvalue weighted by atomic mass is 10.2. The molecule has 1 unspecified atom stereocenters. The van der Waals surface area contributed by atoms with Gasteiger partial charge in [0.1, 0.15) is 18.0 Å². The molecule has 0 saturated carbocycles. The number of fused-ring (bicyclic) bond motifs is 1. The molecular weight excluding hydrogens is 282 g/mol. The quantitative estimate of drug-likeness (QED) is 0.732. The van der Waals surface area contributed by atoms with Crippen molar-refractivity contribution in [2.24, 2.45) is 0 Å². The summed E-state index contributed by atoms with van der Waals surface area (Å²) < 4.78 is 12.8.